The van der Waals surface area contributed by atoms with E-state index in [2.05, 4.69) is 0 Å². The van der Waals surface area contributed by atoms with E-state index in [0.29, 0.717) is 12.2 Å². The molecule has 19 heavy (non-hydrogen) atoms. The van der Waals surface area contributed by atoms with E-state index in [9.17, 15) is 9.90 Å². The summed E-state index contributed by atoms with van der Waals surface area (Å²) in [5.74, 6) is 0.298. The predicted molar refractivity (Wildman–Crippen MR) is 74.0 cm³/mol. The van der Waals surface area contributed by atoms with Crippen LogP contribution in [0.2, 0.25) is 0 Å². The van der Waals surface area contributed by atoms with Crippen LogP contribution in [0.4, 0.5) is 0 Å². The van der Waals surface area contributed by atoms with Crippen molar-refractivity contribution >= 4 is 5.97 Å². The Morgan fingerprint density at radius 3 is 2.53 bits per heavy atom. The number of unbranched alkanes of at least 4 members (excludes halogenated alkanes) is 3. The molecule has 0 radical (unpaired) electrons. The lowest BCUT2D eigenvalue weighted by Gasteiger charge is -2.08. The molecular weight excluding hydrogens is 240 g/mol. The number of hydrogen-bond donors (Lipinski definition) is 1. The maximum atomic E-state index is 10.9. The highest BCUT2D eigenvalue weighted by Crippen LogP contribution is 2.20. The van der Waals surface area contributed by atoms with Crippen molar-refractivity contribution in [3.05, 3.63) is 29.8 Å². The van der Waals surface area contributed by atoms with Gasteiger partial charge in [-0.25, -0.2) is 0 Å². The molecule has 3 nitrogen and oxygen atoms in total. The van der Waals surface area contributed by atoms with Gasteiger partial charge in [0.1, 0.15) is 11.9 Å². The van der Waals surface area contributed by atoms with Crippen molar-refractivity contribution in [2.75, 3.05) is 0 Å². The quantitative estimate of drug-likeness (QED) is 0.603. The number of aryl methyl sites for hydroxylation is 1. The number of cyclic esters (lactones) is 1. The molecule has 1 atom stereocenters. The second kappa shape index (κ2) is 7.17. The van der Waals surface area contributed by atoms with Crippen LogP contribution in [0.3, 0.4) is 0 Å². The topological polar surface area (TPSA) is 46.5 Å². The molecule has 2 rings (SSSR count). The third kappa shape index (κ3) is 4.93. The summed E-state index contributed by atoms with van der Waals surface area (Å²) in [5.41, 5.74) is 1.28. The molecule has 1 fully saturated rings. The molecule has 1 aliphatic heterocycles. The fourth-order valence-electron chi connectivity index (χ4n) is 2.50. The van der Waals surface area contributed by atoms with Crippen LogP contribution in [0.25, 0.3) is 0 Å². The SMILES string of the molecule is O=C1CCC(CCCCCCc2ccc(O)cc2)O1. The van der Waals surface area contributed by atoms with Crippen molar-refractivity contribution in [1.29, 1.82) is 0 Å². The van der Waals surface area contributed by atoms with Gasteiger partial charge in [-0.05, 0) is 49.8 Å². The minimum Gasteiger partial charge on any atom is -0.508 e. The second-order valence-electron chi connectivity index (χ2n) is 5.27. The first-order chi connectivity index (χ1) is 9.24. The lowest BCUT2D eigenvalue weighted by atomic mass is 10.0. The number of carbonyl (C=O) groups excluding carboxylic acids is 1. The molecular formula is C16H22O3. The van der Waals surface area contributed by atoms with Gasteiger partial charge in [-0.3, -0.25) is 4.79 Å². The summed E-state index contributed by atoms with van der Waals surface area (Å²) in [6, 6.07) is 7.44. The van der Waals surface area contributed by atoms with E-state index in [1.54, 1.807) is 12.1 Å². The molecule has 3 heteroatoms. The summed E-state index contributed by atoms with van der Waals surface area (Å²) >= 11 is 0. The molecule has 0 spiro atoms. The summed E-state index contributed by atoms with van der Waals surface area (Å²) in [6.07, 6.45) is 8.52. The van der Waals surface area contributed by atoms with Crippen LogP contribution < -0.4 is 0 Å². The number of carbonyl (C=O) groups is 1. The molecule has 104 valence electrons. The fraction of sp³-hybridized carbons (Fsp3) is 0.562. The average Bonchev–Trinajstić information content (AvgIpc) is 2.81. The summed E-state index contributed by atoms with van der Waals surface area (Å²) < 4.78 is 5.19. The molecule has 1 aromatic rings. The van der Waals surface area contributed by atoms with Gasteiger partial charge in [0, 0.05) is 6.42 Å². The minimum absolute atomic E-state index is 0.0302. The van der Waals surface area contributed by atoms with E-state index in [0.717, 1.165) is 25.7 Å². The third-order valence-corrected chi connectivity index (χ3v) is 3.65. The molecule has 0 aromatic heterocycles. The van der Waals surface area contributed by atoms with E-state index < -0.39 is 0 Å². The van der Waals surface area contributed by atoms with E-state index in [1.165, 1.54) is 24.8 Å². The Hall–Kier alpha value is -1.51. The standard InChI is InChI=1S/C16H22O3/c17-14-9-7-13(8-10-14)5-3-1-2-4-6-15-11-12-16(18)19-15/h7-10,15,17H,1-6,11-12H2. The molecule has 1 N–H and O–H groups in total. The normalized spacial score (nSPS) is 18.5. The highest BCUT2D eigenvalue weighted by atomic mass is 16.5. The zero-order valence-electron chi connectivity index (χ0n) is 11.3. The van der Waals surface area contributed by atoms with Gasteiger partial charge in [0.2, 0.25) is 0 Å². The smallest absolute Gasteiger partial charge is 0.306 e. The zero-order chi connectivity index (χ0) is 13.5. The Kier molecular flexibility index (Phi) is 5.25. The molecule has 1 aliphatic rings. The number of phenolic OH excluding ortho intramolecular Hbond substituents is 1. The van der Waals surface area contributed by atoms with Gasteiger partial charge in [-0.15, -0.1) is 0 Å². The number of ether oxygens (including phenoxy) is 1. The van der Waals surface area contributed by atoms with E-state index in [-0.39, 0.29) is 12.1 Å². The lowest BCUT2D eigenvalue weighted by Crippen LogP contribution is -2.06. The van der Waals surface area contributed by atoms with Gasteiger partial charge in [-0.1, -0.05) is 25.0 Å². The number of benzene rings is 1. The molecule has 0 aliphatic carbocycles. The maximum absolute atomic E-state index is 10.9. The van der Waals surface area contributed by atoms with E-state index in [1.807, 2.05) is 12.1 Å². The van der Waals surface area contributed by atoms with E-state index >= 15 is 0 Å². The summed E-state index contributed by atoms with van der Waals surface area (Å²) in [4.78, 5) is 10.9. The molecule has 1 heterocycles. The van der Waals surface area contributed by atoms with Crippen molar-refractivity contribution < 1.29 is 14.6 Å². The van der Waals surface area contributed by atoms with Crippen molar-refractivity contribution in [2.45, 2.75) is 57.5 Å². The van der Waals surface area contributed by atoms with Crippen LogP contribution >= 0.6 is 0 Å². The van der Waals surface area contributed by atoms with Gasteiger partial charge in [0.15, 0.2) is 0 Å². The monoisotopic (exact) mass is 262 g/mol. The highest BCUT2D eigenvalue weighted by Gasteiger charge is 2.22. The predicted octanol–water partition coefficient (Wildman–Crippen LogP) is 3.59. The number of aromatic hydroxyl groups is 1. The van der Waals surface area contributed by atoms with Crippen LogP contribution in [0.15, 0.2) is 24.3 Å². The summed E-state index contributed by atoms with van der Waals surface area (Å²) in [5, 5.41) is 9.18. The van der Waals surface area contributed by atoms with Crippen LogP contribution in [0.5, 0.6) is 5.75 Å². The first-order valence-electron chi connectivity index (χ1n) is 7.21. The Balaban J connectivity index is 1.50. The Bertz CT molecular complexity index is 397. The van der Waals surface area contributed by atoms with Gasteiger partial charge < -0.3 is 9.84 Å². The average molecular weight is 262 g/mol. The lowest BCUT2D eigenvalue weighted by molar-refractivity contribution is -0.141. The maximum Gasteiger partial charge on any atom is 0.306 e. The van der Waals surface area contributed by atoms with Crippen molar-refractivity contribution in [3.63, 3.8) is 0 Å². The third-order valence-electron chi connectivity index (χ3n) is 3.65. The van der Waals surface area contributed by atoms with Crippen molar-refractivity contribution in [2.24, 2.45) is 0 Å². The molecule has 0 saturated carbocycles. The first kappa shape index (κ1) is 13.9. The summed E-state index contributed by atoms with van der Waals surface area (Å²) in [6.45, 7) is 0. The second-order valence-corrected chi connectivity index (χ2v) is 5.27. The number of hydrogen-bond acceptors (Lipinski definition) is 3. The number of rotatable bonds is 7. The molecule has 1 saturated heterocycles. The van der Waals surface area contributed by atoms with Gasteiger partial charge in [0.05, 0.1) is 0 Å². The van der Waals surface area contributed by atoms with Gasteiger partial charge in [0.25, 0.3) is 0 Å². The minimum atomic E-state index is -0.0302. The van der Waals surface area contributed by atoms with E-state index in [4.69, 9.17) is 4.74 Å². The van der Waals surface area contributed by atoms with Crippen molar-refractivity contribution in [1.82, 2.24) is 0 Å². The van der Waals surface area contributed by atoms with Crippen LogP contribution in [-0.2, 0) is 16.0 Å². The van der Waals surface area contributed by atoms with Gasteiger partial charge >= 0.3 is 5.97 Å². The Labute approximate surface area is 114 Å². The molecule has 1 aromatic carbocycles. The Morgan fingerprint density at radius 2 is 1.84 bits per heavy atom. The number of esters is 1. The first-order valence-corrected chi connectivity index (χ1v) is 7.21. The summed E-state index contributed by atoms with van der Waals surface area (Å²) in [7, 11) is 0. The fourth-order valence-corrected chi connectivity index (χ4v) is 2.50. The van der Waals surface area contributed by atoms with Crippen LogP contribution in [-0.4, -0.2) is 17.2 Å². The zero-order valence-corrected chi connectivity index (χ0v) is 11.3. The van der Waals surface area contributed by atoms with Crippen molar-refractivity contribution in [3.8, 4) is 5.75 Å². The Morgan fingerprint density at radius 1 is 1.11 bits per heavy atom. The van der Waals surface area contributed by atoms with Crippen LogP contribution in [0, 0.1) is 0 Å². The van der Waals surface area contributed by atoms with Crippen LogP contribution in [0.1, 0.15) is 50.5 Å². The largest absolute Gasteiger partial charge is 0.508 e. The molecule has 0 amide bonds. The number of phenols is 1. The highest BCUT2D eigenvalue weighted by molar-refractivity contribution is 5.71. The molecule has 0 bridgehead atoms. The molecule has 1 unspecified atom stereocenters. The van der Waals surface area contributed by atoms with Gasteiger partial charge in [-0.2, -0.15) is 0 Å².